The molecule has 1 amide bonds. The van der Waals surface area contributed by atoms with Gasteiger partial charge in [0.05, 0.1) is 6.61 Å². The molecule has 4 N–H and O–H groups in total. The molecule has 0 unspecified atom stereocenters. The van der Waals surface area contributed by atoms with Gasteiger partial charge in [-0.2, -0.15) is 0 Å². The first-order valence-corrected chi connectivity index (χ1v) is 9.41. The van der Waals surface area contributed by atoms with Gasteiger partial charge in [0.25, 0.3) is 0 Å². The summed E-state index contributed by atoms with van der Waals surface area (Å²) in [4.78, 5) is 13.8. The lowest BCUT2D eigenvalue weighted by molar-refractivity contribution is -0.116. The number of ether oxygens (including phenoxy) is 1. The minimum Gasteiger partial charge on any atom is -0.494 e. The van der Waals surface area contributed by atoms with Crippen LogP contribution in [0.25, 0.3) is 0 Å². The van der Waals surface area contributed by atoms with Crippen LogP contribution in [-0.4, -0.2) is 43.3 Å². The van der Waals surface area contributed by atoms with Crippen LogP contribution < -0.4 is 15.8 Å². The van der Waals surface area contributed by atoms with Gasteiger partial charge in [0.1, 0.15) is 5.75 Å². The summed E-state index contributed by atoms with van der Waals surface area (Å²) in [6.07, 6.45) is 6.85. The molecule has 0 radical (unpaired) electrons. The van der Waals surface area contributed by atoms with Gasteiger partial charge in [0.2, 0.25) is 5.91 Å². The Morgan fingerprint density at radius 2 is 2.12 bits per heavy atom. The second-order valence-electron chi connectivity index (χ2n) is 7.00. The lowest BCUT2D eigenvalue weighted by Gasteiger charge is -2.27. The van der Waals surface area contributed by atoms with Crippen molar-refractivity contribution in [2.75, 3.05) is 31.6 Å². The molecule has 3 rings (SSSR count). The molecule has 0 bridgehead atoms. The Morgan fingerprint density at radius 1 is 1.23 bits per heavy atom. The van der Waals surface area contributed by atoms with Gasteiger partial charge < -0.3 is 21.2 Å². The van der Waals surface area contributed by atoms with Crippen molar-refractivity contribution in [1.29, 1.82) is 5.41 Å². The van der Waals surface area contributed by atoms with Crippen molar-refractivity contribution in [1.82, 2.24) is 4.90 Å². The number of nitrogens with zero attached hydrogens (tertiary/aromatic N) is 1. The Hall–Kier alpha value is -2.34. The highest BCUT2D eigenvalue weighted by Gasteiger charge is 2.16. The molecule has 1 aromatic carbocycles. The quantitative estimate of drug-likeness (QED) is 0.493. The maximum absolute atomic E-state index is 11.5. The summed E-state index contributed by atoms with van der Waals surface area (Å²) in [5.41, 5.74) is 9.80. The molecule has 0 saturated carbocycles. The monoisotopic (exact) mass is 356 g/mol. The highest BCUT2D eigenvalue weighted by atomic mass is 16.5. The normalized spacial score (nSPS) is 17.6. The molecule has 6 heteroatoms. The van der Waals surface area contributed by atoms with Crippen molar-refractivity contribution in [3.63, 3.8) is 0 Å². The van der Waals surface area contributed by atoms with E-state index in [1.54, 1.807) is 0 Å². The number of fused-ring (bicyclic) bond motifs is 1. The third kappa shape index (κ3) is 4.85. The molecule has 1 aromatic rings. The molecule has 26 heavy (non-hydrogen) atoms. The van der Waals surface area contributed by atoms with Gasteiger partial charge in [-0.1, -0.05) is 6.07 Å². The Kier molecular flexibility index (Phi) is 6.28. The zero-order valence-corrected chi connectivity index (χ0v) is 15.2. The van der Waals surface area contributed by atoms with E-state index in [0.717, 1.165) is 74.4 Å². The van der Waals surface area contributed by atoms with Crippen LogP contribution in [0.2, 0.25) is 0 Å². The van der Waals surface area contributed by atoms with Crippen molar-refractivity contribution >= 4 is 17.8 Å². The number of hydrogen-bond acceptors (Lipinski definition) is 5. The van der Waals surface area contributed by atoms with Crippen LogP contribution in [0.1, 0.15) is 37.7 Å². The van der Waals surface area contributed by atoms with E-state index in [1.807, 2.05) is 18.2 Å². The zero-order valence-electron chi connectivity index (χ0n) is 15.2. The SMILES string of the molecule is N=CC1=C(N)CCN(CCCCCOc2ccc3c(c2)NC(=O)CC3)C1. The zero-order chi connectivity index (χ0) is 18.4. The second kappa shape index (κ2) is 8.85. The van der Waals surface area contributed by atoms with Crippen molar-refractivity contribution in [3.8, 4) is 5.75 Å². The standard InChI is InChI=1S/C20H28N4O2/c21-13-16-14-24(10-8-18(16)22)9-2-1-3-11-26-17-6-4-15-5-7-20(25)23-19(15)12-17/h4,6,12-13,21H,1-3,5,7-11,14,22H2,(H,23,25). The van der Waals surface area contributed by atoms with Crippen molar-refractivity contribution in [2.24, 2.45) is 5.73 Å². The first-order chi connectivity index (χ1) is 12.7. The smallest absolute Gasteiger partial charge is 0.224 e. The average molecular weight is 356 g/mol. The van der Waals surface area contributed by atoms with E-state index in [9.17, 15) is 4.79 Å². The maximum Gasteiger partial charge on any atom is 0.224 e. The van der Waals surface area contributed by atoms with Crippen LogP contribution in [0, 0.1) is 5.41 Å². The second-order valence-corrected chi connectivity index (χ2v) is 7.00. The number of benzene rings is 1. The molecule has 2 aliphatic rings. The van der Waals surface area contributed by atoms with Crippen LogP contribution in [0.4, 0.5) is 5.69 Å². The Morgan fingerprint density at radius 3 is 2.96 bits per heavy atom. The molecule has 0 aromatic heterocycles. The third-order valence-corrected chi connectivity index (χ3v) is 5.04. The fraction of sp³-hybridized carbons (Fsp3) is 0.500. The summed E-state index contributed by atoms with van der Waals surface area (Å²) in [6.45, 7) is 3.51. The Balaban J connectivity index is 1.33. The lowest BCUT2D eigenvalue weighted by Crippen LogP contribution is -2.34. The molecule has 0 atom stereocenters. The fourth-order valence-electron chi connectivity index (χ4n) is 3.43. The van der Waals surface area contributed by atoms with Crippen LogP contribution >= 0.6 is 0 Å². The Bertz CT molecular complexity index is 699. The van der Waals surface area contributed by atoms with E-state index >= 15 is 0 Å². The summed E-state index contributed by atoms with van der Waals surface area (Å²) in [7, 11) is 0. The molecular formula is C20H28N4O2. The van der Waals surface area contributed by atoms with E-state index in [-0.39, 0.29) is 5.91 Å². The highest BCUT2D eigenvalue weighted by Crippen LogP contribution is 2.27. The maximum atomic E-state index is 11.5. The molecule has 0 spiro atoms. The summed E-state index contributed by atoms with van der Waals surface area (Å²) >= 11 is 0. The van der Waals surface area contributed by atoms with Gasteiger partial charge >= 0.3 is 0 Å². The van der Waals surface area contributed by atoms with E-state index in [1.165, 1.54) is 11.8 Å². The molecule has 2 heterocycles. The fourth-order valence-corrected chi connectivity index (χ4v) is 3.43. The van der Waals surface area contributed by atoms with Crippen molar-refractivity contribution in [2.45, 2.75) is 38.5 Å². The van der Waals surface area contributed by atoms with E-state index in [2.05, 4.69) is 10.2 Å². The van der Waals surface area contributed by atoms with Crippen molar-refractivity contribution in [3.05, 3.63) is 35.0 Å². The lowest BCUT2D eigenvalue weighted by atomic mass is 10.0. The predicted octanol–water partition coefficient (Wildman–Crippen LogP) is 2.69. The number of hydrogen-bond donors (Lipinski definition) is 3. The summed E-state index contributed by atoms with van der Waals surface area (Å²) in [5.74, 6) is 0.897. The van der Waals surface area contributed by atoms with Crippen LogP contribution in [0.3, 0.4) is 0 Å². The average Bonchev–Trinajstić information content (AvgIpc) is 2.65. The number of rotatable bonds is 8. The van der Waals surface area contributed by atoms with Gasteiger partial charge in [-0.3, -0.25) is 9.69 Å². The number of amides is 1. The van der Waals surface area contributed by atoms with Gasteiger partial charge in [-0.05, 0) is 43.9 Å². The van der Waals surface area contributed by atoms with Crippen LogP contribution in [0.5, 0.6) is 5.75 Å². The molecule has 0 aliphatic carbocycles. The first kappa shape index (κ1) is 18.5. The number of nitrogens with two attached hydrogens (primary N) is 1. The molecule has 0 saturated heterocycles. The molecule has 6 nitrogen and oxygen atoms in total. The Labute approximate surface area is 154 Å². The molecule has 2 aliphatic heterocycles. The first-order valence-electron chi connectivity index (χ1n) is 9.41. The van der Waals surface area contributed by atoms with Gasteiger partial charge in [-0.15, -0.1) is 0 Å². The summed E-state index contributed by atoms with van der Waals surface area (Å²) in [6, 6.07) is 5.95. The third-order valence-electron chi connectivity index (χ3n) is 5.04. The minimum absolute atomic E-state index is 0.0788. The minimum atomic E-state index is 0.0788. The molecule has 140 valence electrons. The van der Waals surface area contributed by atoms with Gasteiger partial charge in [0, 0.05) is 55.2 Å². The number of carbonyl (C=O) groups excluding carboxylic acids is 1. The number of unbranched alkanes of at least 4 members (excludes halogenated alkanes) is 2. The number of aryl methyl sites for hydroxylation is 1. The van der Waals surface area contributed by atoms with Gasteiger partial charge in [-0.25, -0.2) is 0 Å². The van der Waals surface area contributed by atoms with Crippen LogP contribution in [-0.2, 0) is 11.2 Å². The summed E-state index contributed by atoms with van der Waals surface area (Å²) in [5, 5.41) is 10.3. The number of nitrogens with one attached hydrogen (secondary N) is 2. The van der Waals surface area contributed by atoms with E-state index in [4.69, 9.17) is 15.9 Å². The van der Waals surface area contributed by atoms with Gasteiger partial charge in [0.15, 0.2) is 0 Å². The van der Waals surface area contributed by atoms with Crippen molar-refractivity contribution < 1.29 is 9.53 Å². The summed E-state index contributed by atoms with van der Waals surface area (Å²) < 4.78 is 5.83. The molecule has 0 fully saturated rings. The predicted molar refractivity (Wildman–Crippen MR) is 104 cm³/mol. The van der Waals surface area contributed by atoms with Crippen LogP contribution in [0.15, 0.2) is 29.5 Å². The number of anilines is 1. The largest absolute Gasteiger partial charge is 0.494 e. The van der Waals surface area contributed by atoms with E-state index in [0.29, 0.717) is 13.0 Å². The van der Waals surface area contributed by atoms with E-state index < -0.39 is 0 Å². The number of carbonyl (C=O) groups is 1. The molecular weight excluding hydrogens is 328 g/mol. The highest BCUT2D eigenvalue weighted by molar-refractivity contribution is 5.94. The topological polar surface area (TPSA) is 91.4 Å².